The van der Waals surface area contributed by atoms with E-state index in [1.807, 2.05) is 0 Å². The van der Waals surface area contributed by atoms with E-state index in [1.54, 1.807) is 0 Å². The molecule has 10 nitrogen and oxygen atoms in total. The van der Waals surface area contributed by atoms with Crippen LogP contribution >= 0.6 is 7.82 Å². The molecule has 0 aromatic carbocycles. The second kappa shape index (κ2) is 48.6. The van der Waals surface area contributed by atoms with Crippen LogP contribution in [0.3, 0.4) is 0 Å². The molecule has 3 unspecified atom stereocenters. The van der Waals surface area contributed by atoms with Crippen LogP contribution in [0.5, 0.6) is 0 Å². The van der Waals surface area contributed by atoms with Crippen LogP contribution in [0.25, 0.3) is 0 Å². The van der Waals surface area contributed by atoms with E-state index in [-0.39, 0.29) is 13.0 Å². The van der Waals surface area contributed by atoms with Crippen molar-refractivity contribution in [1.82, 2.24) is 0 Å². The summed E-state index contributed by atoms with van der Waals surface area (Å²) in [4.78, 5) is 33.7. The fourth-order valence-corrected chi connectivity index (χ4v) is 7.88. The third-order valence-electron chi connectivity index (χ3n) is 11.1. The number of carboxylic acids is 1. The van der Waals surface area contributed by atoms with Gasteiger partial charge in [-0.3, -0.25) is 18.6 Å². The maximum Gasteiger partial charge on any atom is 0.472 e. The molecule has 0 aromatic heterocycles. The predicted molar refractivity (Wildman–Crippen MR) is 267 cm³/mol. The lowest BCUT2D eigenvalue weighted by Crippen LogP contribution is -2.34. The van der Waals surface area contributed by atoms with Gasteiger partial charge in [0.05, 0.1) is 19.8 Å². The zero-order valence-electron chi connectivity index (χ0n) is 40.9. The summed E-state index contributed by atoms with van der Waals surface area (Å²) in [7, 11) is -4.63. The fraction of sp³-hybridized carbons (Fsp3) is 0.774. The molecular weight excluding hydrogens is 826 g/mol. The number of hydrogen-bond acceptors (Lipinski definition) is 8. The highest BCUT2D eigenvalue weighted by Gasteiger charge is 2.27. The summed E-state index contributed by atoms with van der Waals surface area (Å²) in [6.45, 7) is 3.74. The number of nitrogens with two attached hydrogens (primary N) is 1. The molecular formula is C53H96NO9P. The summed E-state index contributed by atoms with van der Waals surface area (Å²) in [5.74, 6) is -1.79. The molecule has 0 radical (unpaired) electrons. The zero-order chi connectivity index (χ0) is 46.9. The SMILES string of the molecule is CC/C=C\C/C=C\C/C=C\C/C=C\C/C=C\CCCCCCOCC(COP(=O)(O)OCC(N)C(=O)O)OC(=O)CCCCCCCCCCCCCCCCCCCCCCCC. The monoisotopic (exact) mass is 922 g/mol. The van der Waals surface area contributed by atoms with Gasteiger partial charge in [-0.1, -0.05) is 222 Å². The summed E-state index contributed by atoms with van der Waals surface area (Å²) in [5.41, 5.74) is 5.37. The smallest absolute Gasteiger partial charge is 0.472 e. The van der Waals surface area contributed by atoms with Gasteiger partial charge in [0, 0.05) is 13.0 Å². The van der Waals surface area contributed by atoms with Crippen LogP contribution in [0.2, 0.25) is 0 Å². The molecule has 0 amide bonds. The Morgan fingerprint density at radius 2 is 0.906 bits per heavy atom. The van der Waals surface area contributed by atoms with Crippen molar-refractivity contribution in [3.8, 4) is 0 Å². The third-order valence-corrected chi connectivity index (χ3v) is 12.0. The van der Waals surface area contributed by atoms with Gasteiger partial charge in [0.15, 0.2) is 0 Å². The molecule has 372 valence electrons. The molecule has 0 spiro atoms. The molecule has 11 heteroatoms. The zero-order valence-corrected chi connectivity index (χ0v) is 41.8. The van der Waals surface area contributed by atoms with Crippen molar-refractivity contribution in [2.75, 3.05) is 26.4 Å². The molecule has 0 aromatic rings. The van der Waals surface area contributed by atoms with Crippen molar-refractivity contribution >= 4 is 19.8 Å². The van der Waals surface area contributed by atoms with Gasteiger partial charge in [-0.2, -0.15) is 0 Å². The first kappa shape index (κ1) is 61.7. The first-order chi connectivity index (χ1) is 31.2. The van der Waals surface area contributed by atoms with Crippen LogP contribution in [0.15, 0.2) is 60.8 Å². The number of carbonyl (C=O) groups is 2. The van der Waals surface area contributed by atoms with Gasteiger partial charge < -0.3 is 25.2 Å². The normalized spacial score (nSPS) is 14.2. The first-order valence-corrected chi connectivity index (χ1v) is 27.3. The average Bonchev–Trinajstić information content (AvgIpc) is 3.28. The largest absolute Gasteiger partial charge is 0.480 e. The van der Waals surface area contributed by atoms with Crippen molar-refractivity contribution in [2.24, 2.45) is 5.73 Å². The average molecular weight is 922 g/mol. The number of phosphoric ester groups is 1. The first-order valence-electron chi connectivity index (χ1n) is 25.8. The van der Waals surface area contributed by atoms with E-state index in [0.29, 0.717) is 13.0 Å². The number of allylic oxidation sites excluding steroid dienone is 10. The summed E-state index contributed by atoms with van der Waals surface area (Å²) in [6.07, 6.45) is 60.0. The number of carboxylic acid groups (broad SMARTS) is 1. The second-order valence-electron chi connectivity index (χ2n) is 17.3. The number of unbranched alkanes of at least 4 members (excludes halogenated alkanes) is 25. The van der Waals surface area contributed by atoms with Crippen LogP contribution in [0.4, 0.5) is 0 Å². The summed E-state index contributed by atoms with van der Waals surface area (Å²) < 4.78 is 33.5. The highest BCUT2D eigenvalue weighted by Crippen LogP contribution is 2.43. The predicted octanol–water partition coefficient (Wildman–Crippen LogP) is 15.2. The maximum atomic E-state index is 12.7. The lowest BCUT2D eigenvalue weighted by atomic mass is 10.0. The summed E-state index contributed by atoms with van der Waals surface area (Å²) >= 11 is 0. The highest BCUT2D eigenvalue weighted by atomic mass is 31.2. The van der Waals surface area contributed by atoms with Gasteiger partial charge in [0.2, 0.25) is 0 Å². The van der Waals surface area contributed by atoms with Gasteiger partial charge in [-0.05, 0) is 57.8 Å². The minimum absolute atomic E-state index is 0.000225. The minimum Gasteiger partial charge on any atom is -0.480 e. The van der Waals surface area contributed by atoms with Crippen molar-refractivity contribution in [2.45, 2.75) is 238 Å². The summed E-state index contributed by atoms with van der Waals surface area (Å²) in [5, 5.41) is 8.93. The Balaban J connectivity index is 4.17. The quantitative estimate of drug-likeness (QED) is 0.0232. The topological polar surface area (TPSA) is 155 Å². The number of ether oxygens (including phenoxy) is 2. The molecule has 0 rings (SSSR count). The van der Waals surface area contributed by atoms with E-state index in [9.17, 15) is 19.0 Å². The molecule has 4 N–H and O–H groups in total. The second-order valence-corrected chi connectivity index (χ2v) is 18.7. The van der Waals surface area contributed by atoms with Crippen LogP contribution in [0.1, 0.15) is 226 Å². The van der Waals surface area contributed by atoms with Gasteiger partial charge in [0.1, 0.15) is 12.1 Å². The molecule has 0 aliphatic carbocycles. The molecule has 0 fully saturated rings. The molecule has 0 aliphatic rings. The Morgan fingerprint density at radius 1 is 0.516 bits per heavy atom. The van der Waals surface area contributed by atoms with Crippen LogP contribution in [-0.4, -0.2) is 60.5 Å². The number of aliphatic carboxylic acids is 1. The van der Waals surface area contributed by atoms with Crippen molar-refractivity contribution < 1.29 is 42.7 Å². The lowest BCUT2D eigenvalue weighted by molar-refractivity contribution is -0.154. The molecule has 0 bridgehead atoms. The van der Waals surface area contributed by atoms with E-state index < -0.39 is 45.1 Å². The van der Waals surface area contributed by atoms with Gasteiger partial charge in [-0.25, -0.2) is 4.57 Å². The standard InChI is InChI=1S/C53H96NO9P/c1-3-5-7-9-11-13-15-17-19-21-23-25-26-27-29-31-33-35-37-39-41-43-45-52(55)63-50(48-61-64(58,59)62-49-51(54)53(56)57)47-60-46-44-42-40-38-36-34-32-30-28-24-22-20-18-16-14-12-10-8-6-4-2/h6,8,12,14,18,20,24,28,32,34,50-51H,3-5,7,9-11,13,15-17,19,21-23,25-27,29-31,33,35-49,54H2,1-2H3,(H,56,57)(H,58,59)/b8-6-,14-12-,20-18-,28-24-,34-32-. The van der Waals surface area contributed by atoms with Crippen molar-refractivity contribution in [3.05, 3.63) is 60.8 Å². The minimum atomic E-state index is -4.63. The lowest BCUT2D eigenvalue weighted by Gasteiger charge is -2.20. The molecule has 64 heavy (non-hydrogen) atoms. The Bertz CT molecular complexity index is 1250. The number of phosphoric acid groups is 1. The van der Waals surface area contributed by atoms with Crippen LogP contribution < -0.4 is 5.73 Å². The van der Waals surface area contributed by atoms with Crippen molar-refractivity contribution in [1.29, 1.82) is 0 Å². The number of rotatable bonds is 49. The number of esters is 1. The highest BCUT2D eigenvalue weighted by molar-refractivity contribution is 7.47. The Kier molecular flexibility index (Phi) is 46.8. The van der Waals surface area contributed by atoms with Crippen molar-refractivity contribution in [3.63, 3.8) is 0 Å². The van der Waals surface area contributed by atoms with E-state index in [1.165, 1.54) is 122 Å². The maximum absolute atomic E-state index is 12.7. The van der Waals surface area contributed by atoms with E-state index in [2.05, 4.69) is 74.6 Å². The number of hydrogen-bond donors (Lipinski definition) is 3. The van der Waals surface area contributed by atoms with E-state index >= 15 is 0 Å². The van der Waals surface area contributed by atoms with E-state index in [0.717, 1.165) is 77.0 Å². The summed E-state index contributed by atoms with van der Waals surface area (Å²) in [6, 6.07) is -1.48. The fourth-order valence-electron chi connectivity index (χ4n) is 7.10. The Morgan fingerprint density at radius 3 is 1.36 bits per heavy atom. The van der Waals surface area contributed by atoms with Crippen LogP contribution in [-0.2, 0) is 32.7 Å². The Labute approximate surface area is 392 Å². The number of carbonyl (C=O) groups excluding carboxylic acids is 1. The molecule has 0 saturated carbocycles. The molecule has 0 heterocycles. The molecule has 0 saturated heterocycles. The molecule has 3 atom stereocenters. The van der Waals surface area contributed by atoms with Gasteiger partial charge in [-0.15, -0.1) is 0 Å². The Hall–Kier alpha value is -2.33. The van der Waals surface area contributed by atoms with Gasteiger partial charge >= 0.3 is 19.8 Å². The van der Waals surface area contributed by atoms with Crippen LogP contribution in [0, 0.1) is 0 Å². The van der Waals surface area contributed by atoms with E-state index in [4.69, 9.17) is 29.4 Å². The third kappa shape index (κ3) is 47.6. The molecule has 0 aliphatic heterocycles. The van der Waals surface area contributed by atoms with Gasteiger partial charge in [0.25, 0.3) is 0 Å².